The standard InChI is InChI=1S/C13H12N2O2/c1-10-2-4-12(5-3-10)17-13(16)15-11-6-8-14-9-7-11/h2-9H,1H3,(H,14,15,16). The number of rotatable bonds is 2. The van der Waals surface area contributed by atoms with Gasteiger partial charge >= 0.3 is 6.09 Å². The minimum atomic E-state index is -0.514. The predicted octanol–water partition coefficient (Wildman–Crippen LogP) is 3.00. The molecule has 17 heavy (non-hydrogen) atoms. The Hall–Kier alpha value is -2.36. The lowest BCUT2D eigenvalue weighted by Crippen LogP contribution is -2.16. The number of aromatic nitrogens is 1. The molecule has 0 saturated carbocycles. The van der Waals surface area contributed by atoms with Gasteiger partial charge in [0, 0.05) is 18.1 Å². The number of hydrogen-bond donors (Lipinski definition) is 1. The van der Waals surface area contributed by atoms with E-state index >= 15 is 0 Å². The van der Waals surface area contributed by atoms with E-state index in [2.05, 4.69) is 10.3 Å². The van der Waals surface area contributed by atoms with Crippen LogP contribution in [0.2, 0.25) is 0 Å². The number of carbonyl (C=O) groups excluding carboxylic acids is 1. The molecule has 2 rings (SSSR count). The van der Waals surface area contributed by atoms with Gasteiger partial charge in [0.25, 0.3) is 0 Å². The molecular formula is C13H12N2O2. The van der Waals surface area contributed by atoms with Crippen LogP contribution in [0.1, 0.15) is 5.56 Å². The zero-order chi connectivity index (χ0) is 12.1. The summed E-state index contributed by atoms with van der Waals surface area (Å²) in [5.74, 6) is 0.516. The van der Waals surface area contributed by atoms with Crippen LogP contribution in [0.5, 0.6) is 5.75 Å². The van der Waals surface area contributed by atoms with Gasteiger partial charge in [0.05, 0.1) is 0 Å². The van der Waals surface area contributed by atoms with Gasteiger partial charge in [-0.1, -0.05) is 17.7 Å². The SMILES string of the molecule is Cc1ccc(OC(=O)Nc2ccncc2)cc1. The van der Waals surface area contributed by atoms with Gasteiger partial charge in [0.15, 0.2) is 0 Å². The fourth-order valence-corrected chi connectivity index (χ4v) is 1.29. The van der Waals surface area contributed by atoms with Gasteiger partial charge in [-0.05, 0) is 31.2 Å². The fourth-order valence-electron chi connectivity index (χ4n) is 1.29. The van der Waals surface area contributed by atoms with Gasteiger partial charge in [-0.2, -0.15) is 0 Å². The Morgan fingerprint density at radius 2 is 1.76 bits per heavy atom. The number of hydrogen-bond acceptors (Lipinski definition) is 3. The second-order valence-electron chi connectivity index (χ2n) is 3.56. The predicted molar refractivity (Wildman–Crippen MR) is 65.1 cm³/mol. The number of carbonyl (C=O) groups is 1. The number of amides is 1. The van der Waals surface area contributed by atoms with Gasteiger partial charge in [-0.15, -0.1) is 0 Å². The molecule has 1 aromatic heterocycles. The van der Waals surface area contributed by atoms with Crippen LogP contribution < -0.4 is 10.1 Å². The molecule has 86 valence electrons. The molecule has 1 N–H and O–H groups in total. The fraction of sp³-hybridized carbons (Fsp3) is 0.0769. The Bertz CT molecular complexity index is 495. The second-order valence-corrected chi connectivity index (χ2v) is 3.56. The van der Waals surface area contributed by atoms with Gasteiger partial charge in [-0.3, -0.25) is 10.3 Å². The van der Waals surface area contributed by atoms with E-state index in [1.807, 2.05) is 19.1 Å². The van der Waals surface area contributed by atoms with Crippen molar-refractivity contribution in [1.29, 1.82) is 0 Å². The summed E-state index contributed by atoms with van der Waals surface area (Å²) in [5.41, 5.74) is 1.77. The first-order chi connectivity index (χ1) is 8.24. The third-order valence-corrected chi connectivity index (χ3v) is 2.16. The van der Waals surface area contributed by atoms with E-state index in [0.29, 0.717) is 11.4 Å². The highest BCUT2D eigenvalue weighted by atomic mass is 16.6. The summed E-state index contributed by atoms with van der Waals surface area (Å²) >= 11 is 0. The maximum absolute atomic E-state index is 11.5. The minimum Gasteiger partial charge on any atom is -0.410 e. The Balaban J connectivity index is 1.96. The molecule has 0 aliphatic carbocycles. The molecule has 1 amide bonds. The van der Waals surface area contributed by atoms with Gasteiger partial charge in [0.1, 0.15) is 5.75 Å². The lowest BCUT2D eigenvalue weighted by Gasteiger charge is -2.06. The van der Waals surface area contributed by atoms with Crippen molar-refractivity contribution < 1.29 is 9.53 Å². The van der Waals surface area contributed by atoms with E-state index in [-0.39, 0.29) is 0 Å². The van der Waals surface area contributed by atoms with Crippen LogP contribution in [0.3, 0.4) is 0 Å². The maximum atomic E-state index is 11.5. The average molecular weight is 228 g/mol. The molecule has 4 nitrogen and oxygen atoms in total. The van der Waals surface area contributed by atoms with Crippen molar-refractivity contribution in [3.63, 3.8) is 0 Å². The third kappa shape index (κ3) is 3.31. The molecule has 1 heterocycles. The zero-order valence-corrected chi connectivity index (χ0v) is 9.38. The van der Waals surface area contributed by atoms with Crippen LogP contribution in [-0.4, -0.2) is 11.1 Å². The molecule has 0 aliphatic heterocycles. The molecule has 0 bridgehead atoms. The van der Waals surface area contributed by atoms with Crippen molar-refractivity contribution in [3.05, 3.63) is 54.4 Å². The number of nitrogens with zero attached hydrogens (tertiary/aromatic N) is 1. The van der Waals surface area contributed by atoms with Crippen LogP contribution in [0, 0.1) is 6.92 Å². The van der Waals surface area contributed by atoms with Gasteiger partial charge in [-0.25, -0.2) is 4.79 Å². The molecular weight excluding hydrogens is 216 g/mol. The summed E-state index contributed by atoms with van der Waals surface area (Å²) in [4.78, 5) is 15.4. The Kier molecular flexibility index (Phi) is 3.35. The van der Waals surface area contributed by atoms with Crippen LogP contribution in [0.15, 0.2) is 48.8 Å². The lowest BCUT2D eigenvalue weighted by atomic mass is 10.2. The summed E-state index contributed by atoms with van der Waals surface area (Å²) in [6.07, 6.45) is 2.68. The molecule has 0 radical (unpaired) electrons. The molecule has 1 aromatic carbocycles. The molecule has 0 aliphatic rings. The van der Waals surface area contributed by atoms with Crippen LogP contribution in [0.4, 0.5) is 10.5 Å². The van der Waals surface area contributed by atoms with E-state index in [1.165, 1.54) is 0 Å². The van der Waals surface area contributed by atoms with Crippen LogP contribution >= 0.6 is 0 Å². The molecule has 2 aromatic rings. The van der Waals surface area contributed by atoms with E-state index in [1.54, 1.807) is 36.7 Å². The average Bonchev–Trinajstić information content (AvgIpc) is 2.33. The van der Waals surface area contributed by atoms with Crippen molar-refractivity contribution in [2.75, 3.05) is 5.32 Å². The minimum absolute atomic E-state index is 0.514. The van der Waals surface area contributed by atoms with Crippen molar-refractivity contribution in [2.45, 2.75) is 6.92 Å². The highest BCUT2D eigenvalue weighted by Crippen LogP contribution is 2.12. The number of benzene rings is 1. The quantitative estimate of drug-likeness (QED) is 0.859. The van der Waals surface area contributed by atoms with Crippen LogP contribution in [0.25, 0.3) is 0 Å². The number of pyridine rings is 1. The maximum Gasteiger partial charge on any atom is 0.417 e. The summed E-state index contributed by atoms with van der Waals surface area (Å²) in [5, 5.41) is 2.60. The molecule has 0 atom stereocenters. The van der Waals surface area contributed by atoms with E-state index in [4.69, 9.17) is 4.74 Å². The summed E-state index contributed by atoms with van der Waals surface area (Å²) in [6, 6.07) is 10.7. The largest absolute Gasteiger partial charge is 0.417 e. The first kappa shape index (κ1) is 11.1. The Morgan fingerprint density at radius 1 is 1.12 bits per heavy atom. The van der Waals surface area contributed by atoms with Crippen molar-refractivity contribution in [2.24, 2.45) is 0 Å². The summed E-state index contributed by atoms with van der Waals surface area (Å²) in [7, 11) is 0. The van der Waals surface area contributed by atoms with Crippen molar-refractivity contribution >= 4 is 11.8 Å². The second kappa shape index (κ2) is 5.12. The number of anilines is 1. The number of aryl methyl sites for hydroxylation is 1. The van der Waals surface area contributed by atoms with Gasteiger partial charge < -0.3 is 4.74 Å². The molecule has 4 heteroatoms. The van der Waals surface area contributed by atoms with Crippen molar-refractivity contribution in [1.82, 2.24) is 4.98 Å². The molecule has 0 fully saturated rings. The van der Waals surface area contributed by atoms with E-state index in [0.717, 1.165) is 5.56 Å². The number of ether oxygens (including phenoxy) is 1. The topological polar surface area (TPSA) is 51.2 Å². The zero-order valence-electron chi connectivity index (χ0n) is 9.38. The van der Waals surface area contributed by atoms with Crippen LogP contribution in [-0.2, 0) is 0 Å². The smallest absolute Gasteiger partial charge is 0.410 e. The van der Waals surface area contributed by atoms with Crippen molar-refractivity contribution in [3.8, 4) is 5.75 Å². The highest BCUT2D eigenvalue weighted by molar-refractivity contribution is 5.86. The van der Waals surface area contributed by atoms with E-state index in [9.17, 15) is 4.79 Å². The summed E-state index contributed by atoms with van der Waals surface area (Å²) < 4.78 is 5.10. The monoisotopic (exact) mass is 228 g/mol. The molecule has 0 spiro atoms. The Labute approximate surface area is 99.3 Å². The first-order valence-electron chi connectivity index (χ1n) is 5.19. The third-order valence-electron chi connectivity index (χ3n) is 2.16. The molecule has 0 saturated heterocycles. The number of nitrogens with one attached hydrogen (secondary N) is 1. The summed E-state index contributed by atoms with van der Waals surface area (Å²) in [6.45, 7) is 1.97. The van der Waals surface area contributed by atoms with Gasteiger partial charge in [0.2, 0.25) is 0 Å². The highest BCUT2D eigenvalue weighted by Gasteiger charge is 2.04. The Morgan fingerprint density at radius 3 is 2.41 bits per heavy atom. The normalized spacial score (nSPS) is 9.71. The van der Waals surface area contributed by atoms with E-state index < -0.39 is 6.09 Å². The first-order valence-corrected chi connectivity index (χ1v) is 5.19. The molecule has 0 unspecified atom stereocenters. The lowest BCUT2D eigenvalue weighted by molar-refractivity contribution is 0.215.